The highest BCUT2D eigenvalue weighted by Gasteiger charge is 2.31. The van der Waals surface area contributed by atoms with Gasteiger partial charge in [-0.2, -0.15) is 0 Å². The Morgan fingerprint density at radius 2 is 1.35 bits per heavy atom. The van der Waals surface area contributed by atoms with Crippen LogP contribution in [0.15, 0.2) is 0 Å². The number of unbranched alkanes of at least 4 members (excludes halogenated alkanes) is 1. The second kappa shape index (κ2) is 15.6. The third-order valence-electron chi connectivity index (χ3n) is 4.85. The fourth-order valence-corrected chi connectivity index (χ4v) is 2.93. The number of hydrogen-bond acceptors (Lipinski definition) is 8. The van der Waals surface area contributed by atoms with Gasteiger partial charge in [0.05, 0.1) is 12.5 Å². The van der Waals surface area contributed by atoms with Crippen molar-refractivity contribution in [3.05, 3.63) is 0 Å². The number of aliphatic carboxylic acids is 2. The van der Waals surface area contributed by atoms with E-state index in [2.05, 4.69) is 16.0 Å². The molecule has 0 aliphatic rings. The van der Waals surface area contributed by atoms with Crippen molar-refractivity contribution < 1.29 is 39.0 Å². The lowest BCUT2D eigenvalue weighted by atomic mass is 10.0. The molecule has 4 amide bonds. The van der Waals surface area contributed by atoms with Crippen molar-refractivity contribution in [3.8, 4) is 0 Å². The highest BCUT2D eigenvalue weighted by molar-refractivity contribution is 5.95. The van der Waals surface area contributed by atoms with Crippen molar-refractivity contribution >= 4 is 35.6 Å². The second-order valence-electron chi connectivity index (χ2n) is 8.18. The summed E-state index contributed by atoms with van der Waals surface area (Å²) in [5.74, 6) is -6.31. The van der Waals surface area contributed by atoms with Gasteiger partial charge < -0.3 is 43.4 Å². The Labute approximate surface area is 197 Å². The highest BCUT2D eigenvalue weighted by atomic mass is 16.4. The summed E-state index contributed by atoms with van der Waals surface area (Å²) in [5.41, 5.74) is 16.1. The first-order valence-corrected chi connectivity index (χ1v) is 10.9. The molecule has 0 fully saturated rings. The van der Waals surface area contributed by atoms with Crippen molar-refractivity contribution in [3.63, 3.8) is 0 Å². The maximum atomic E-state index is 12.9. The molecule has 0 radical (unpaired) electrons. The Morgan fingerprint density at radius 3 is 1.82 bits per heavy atom. The lowest BCUT2D eigenvalue weighted by molar-refractivity contribution is -0.144. The van der Waals surface area contributed by atoms with Crippen LogP contribution in [0.2, 0.25) is 0 Å². The molecule has 0 aromatic heterocycles. The van der Waals surface area contributed by atoms with E-state index in [-0.39, 0.29) is 12.8 Å². The topological polar surface area (TPSA) is 257 Å². The van der Waals surface area contributed by atoms with Crippen LogP contribution in [0.25, 0.3) is 0 Å². The second-order valence-corrected chi connectivity index (χ2v) is 8.18. The summed E-state index contributed by atoms with van der Waals surface area (Å²) in [4.78, 5) is 71.3. The summed E-state index contributed by atoms with van der Waals surface area (Å²) in [6.45, 7) is 3.48. The van der Waals surface area contributed by atoms with E-state index in [1.807, 2.05) is 0 Å². The molecular formula is C20H36N6O8. The van der Waals surface area contributed by atoms with Crippen molar-refractivity contribution in [1.82, 2.24) is 16.0 Å². The van der Waals surface area contributed by atoms with Crippen LogP contribution in [0.1, 0.15) is 52.4 Å². The Kier molecular flexibility index (Phi) is 14.1. The molecule has 0 aliphatic heterocycles. The van der Waals surface area contributed by atoms with Crippen molar-refractivity contribution in [1.29, 1.82) is 0 Å². The van der Waals surface area contributed by atoms with E-state index in [9.17, 15) is 33.9 Å². The summed E-state index contributed by atoms with van der Waals surface area (Å²) in [6.07, 6.45) is -0.161. The third-order valence-corrected chi connectivity index (χ3v) is 4.85. The number of carboxylic acids is 2. The summed E-state index contributed by atoms with van der Waals surface area (Å²) >= 11 is 0. The molecule has 34 heavy (non-hydrogen) atoms. The summed E-state index contributed by atoms with van der Waals surface area (Å²) in [6, 6.07) is -5.10. The van der Waals surface area contributed by atoms with Crippen LogP contribution in [-0.2, 0) is 28.8 Å². The van der Waals surface area contributed by atoms with Crippen LogP contribution >= 0.6 is 0 Å². The zero-order chi connectivity index (χ0) is 26.4. The van der Waals surface area contributed by atoms with E-state index < -0.39 is 78.5 Å². The van der Waals surface area contributed by atoms with E-state index in [0.717, 1.165) is 0 Å². The summed E-state index contributed by atoms with van der Waals surface area (Å²) < 4.78 is 0. The monoisotopic (exact) mass is 488 g/mol. The molecule has 14 heteroatoms. The van der Waals surface area contributed by atoms with Crippen molar-refractivity contribution in [2.45, 2.75) is 76.5 Å². The molecule has 0 aromatic carbocycles. The molecule has 0 saturated heterocycles. The average molecular weight is 489 g/mol. The standard InChI is InChI=1S/C20H36N6O8/c1-10(2)16(20(33)34)26-19(32)13(6-7-15(28)29)25-18(31)12(5-3-4-8-21)24-17(30)11(22)9-14(23)27/h10-13,16H,3-9,21-22H2,1-2H3,(H2,23,27)(H,24,30)(H,25,31)(H,26,32)(H,28,29)(H,33,34). The van der Waals surface area contributed by atoms with E-state index in [1.165, 1.54) is 0 Å². The average Bonchev–Trinajstić information content (AvgIpc) is 2.72. The van der Waals surface area contributed by atoms with Gasteiger partial charge in [0.1, 0.15) is 18.1 Å². The number of nitrogens with one attached hydrogen (secondary N) is 3. The lowest BCUT2D eigenvalue weighted by Gasteiger charge is -2.26. The van der Waals surface area contributed by atoms with Gasteiger partial charge in [-0.3, -0.25) is 24.0 Å². The number of carboxylic acid groups (broad SMARTS) is 2. The first kappa shape index (κ1) is 30.7. The zero-order valence-corrected chi connectivity index (χ0v) is 19.4. The fraction of sp³-hybridized carbons (Fsp3) is 0.700. The van der Waals surface area contributed by atoms with Gasteiger partial charge in [0.25, 0.3) is 0 Å². The van der Waals surface area contributed by atoms with Crippen LogP contribution in [-0.4, -0.2) is 76.5 Å². The molecule has 4 unspecified atom stereocenters. The molecule has 4 atom stereocenters. The van der Waals surface area contributed by atoms with E-state index in [4.69, 9.17) is 22.3 Å². The number of primary amides is 1. The molecule has 0 spiro atoms. The minimum atomic E-state index is -1.38. The van der Waals surface area contributed by atoms with Gasteiger partial charge in [0.2, 0.25) is 23.6 Å². The molecular weight excluding hydrogens is 452 g/mol. The van der Waals surface area contributed by atoms with E-state index >= 15 is 0 Å². The largest absolute Gasteiger partial charge is 0.481 e. The lowest BCUT2D eigenvalue weighted by Crippen LogP contribution is -2.57. The van der Waals surface area contributed by atoms with Gasteiger partial charge in [0, 0.05) is 6.42 Å². The number of hydrogen-bond donors (Lipinski definition) is 8. The minimum absolute atomic E-state index is 0.120. The first-order chi connectivity index (χ1) is 15.8. The first-order valence-electron chi connectivity index (χ1n) is 10.9. The number of nitrogens with two attached hydrogens (primary N) is 3. The van der Waals surface area contributed by atoms with Crippen LogP contribution in [0.4, 0.5) is 0 Å². The maximum Gasteiger partial charge on any atom is 0.326 e. The van der Waals surface area contributed by atoms with Crippen LogP contribution < -0.4 is 33.2 Å². The SMILES string of the molecule is CC(C)C(NC(=O)C(CCC(=O)O)NC(=O)C(CCCCN)NC(=O)C(N)CC(N)=O)C(=O)O. The highest BCUT2D eigenvalue weighted by Crippen LogP contribution is 2.07. The quantitative estimate of drug-likeness (QED) is 0.0988. The van der Waals surface area contributed by atoms with Crippen molar-refractivity contribution in [2.75, 3.05) is 6.54 Å². The van der Waals surface area contributed by atoms with Crippen LogP contribution in [0.3, 0.4) is 0 Å². The maximum absolute atomic E-state index is 12.9. The van der Waals surface area contributed by atoms with Crippen LogP contribution in [0, 0.1) is 5.92 Å². The predicted octanol–water partition coefficient (Wildman–Crippen LogP) is -2.62. The van der Waals surface area contributed by atoms with Crippen molar-refractivity contribution in [2.24, 2.45) is 23.1 Å². The van der Waals surface area contributed by atoms with Crippen LogP contribution in [0.5, 0.6) is 0 Å². The molecule has 14 nitrogen and oxygen atoms in total. The number of rotatable bonds is 17. The Morgan fingerprint density at radius 1 is 0.824 bits per heavy atom. The predicted molar refractivity (Wildman–Crippen MR) is 120 cm³/mol. The molecule has 0 rings (SSSR count). The third kappa shape index (κ3) is 12.1. The zero-order valence-electron chi connectivity index (χ0n) is 19.4. The molecule has 194 valence electrons. The normalized spacial score (nSPS) is 14.4. The van der Waals surface area contributed by atoms with Gasteiger partial charge in [-0.25, -0.2) is 4.79 Å². The van der Waals surface area contributed by atoms with Gasteiger partial charge >= 0.3 is 11.9 Å². The number of carbonyl (C=O) groups is 6. The Bertz CT molecular complexity index is 745. The molecule has 0 bridgehead atoms. The molecule has 11 N–H and O–H groups in total. The fourth-order valence-electron chi connectivity index (χ4n) is 2.93. The number of carbonyl (C=O) groups excluding carboxylic acids is 4. The summed E-state index contributed by atoms with van der Waals surface area (Å²) in [7, 11) is 0. The molecule has 0 saturated carbocycles. The van der Waals surface area contributed by atoms with Gasteiger partial charge in [0.15, 0.2) is 0 Å². The van der Waals surface area contributed by atoms with Gasteiger partial charge in [-0.15, -0.1) is 0 Å². The number of amides is 4. The Balaban J connectivity index is 5.58. The smallest absolute Gasteiger partial charge is 0.326 e. The summed E-state index contributed by atoms with van der Waals surface area (Å²) in [5, 5.41) is 25.4. The molecule has 0 heterocycles. The minimum Gasteiger partial charge on any atom is -0.481 e. The van der Waals surface area contributed by atoms with E-state index in [1.54, 1.807) is 13.8 Å². The Hall–Kier alpha value is -3.26. The molecule has 0 aromatic rings. The molecule has 0 aliphatic carbocycles. The van der Waals surface area contributed by atoms with Gasteiger partial charge in [-0.05, 0) is 38.1 Å². The van der Waals surface area contributed by atoms with Gasteiger partial charge in [-0.1, -0.05) is 13.8 Å². The van der Waals surface area contributed by atoms with E-state index in [0.29, 0.717) is 19.4 Å².